The van der Waals surface area contributed by atoms with Crippen molar-refractivity contribution in [2.24, 2.45) is 0 Å². The summed E-state index contributed by atoms with van der Waals surface area (Å²) in [6, 6.07) is 0. The number of esters is 1. The van der Waals surface area contributed by atoms with Gasteiger partial charge < -0.3 is 9.84 Å². The van der Waals surface area contributed by atoms with Crippen molar-refractivity contribution >= 4 is 11.9 Å². The van der Waals surface area contributed by atoms with E-state index in [2.05, 4.69) is 26.0 Å². The van der Waals surface area contributed by atoms with Crippen LogP contribution in [0.4, 0.5) is 0 Å². The van der Waals surface area contributed by atoms with E-state index in [0.29, 0.717) is 12.8 Å². The van der Waals surface area contributed by atoms with E-state index >= 15 is 0 Å². The number of allylic oxidation sites excluding steroid dienone is 2. The summed E-state index contributed by atoms with van der Waals surface area (Å²) in [4.78, 5) is 23.7. The summed E-state index contributed by atoms with van der Waals surface area (Å²) in [6.45, 7) is 4.56. The van der Waals surface area contributed by atoms with Crippen LogP contribution in [0, 0.1) is 0 Å². The molecule has 1 N–H and O–H groups in total. The second-order valence-corrected chi connectivity index (χ2v) is 14.9. The molecule has 0 bridgehead atoms. The van der Waals surface area contributed by atoms with Crippen LogP contribution in [0.1, 0.15) is 251 Å². The van der Waals surface area contributed by atoms with Crippen LogP contribution in [0.15, 0.2) is 12.2 Å². The Morgan fingerprint density at radius 2 is 0.771 bits per heavy atom. The maximum atomic E-state index is 12.4. The second-order valence-electron chi connectivity index (χ2n) is 14.9. The van der Waals surface area contributed by atoms with Gasteiger partial charge in [0.15, 0.2) is 0 Å². The largest absolute Gasteiger partial charge is 0.481 e. The van der Waals surface area contributed by atoms with Crippen LogP contribution in [0.2, 0.25) is 0 Å². The van der Waals surface area contributed by atoms with Gasteiger partial charge in [0.05, 0.1) is 6.42 Å². The summed E-state index contributed by atoms with van der Waals surface area (Å²) in [7, 11) is 0. The van der Waals surface area contributed by atoms with Crippen molar-refractivity contribution in [1.29, 1.82) is 0 Å². The molecule has 0 aliphatic carbocycles. The molecule has 0 aliphatic heterocycles. The molecular formula is C44H84O4. The molecule has 1 atom stereocenters. The van der Waals surface area contributed by atoms with E-state index in [4.69, 9.17) is 4.74 Å². The van der Waals surface area contributed by atoms with Gasteiger partial charge in [0.1, 0.15) is 6.10 Å². The van der Waals surface area contributed by atoms with Crippen LogP contribution >= 0.6 is 0 Å². The number of unbranched alkanes of at least 4 members (excludes halogenated alkanes) is 31. The van der Waals surface area contributed by atoms with Gasteiger partial charge in [0.2, 0.25) is 0 Å². The molecule has 1 unspecified atom stereocenters. The second kappa shape index (κ2) is 40.1. The van der Waals surface area contributed by atoms with Crippen LogP contribution < -0.4 is 0 Å². The Kier molecular flexibility index (Phi) is 39.0. The Bertz CT molecular complexity index is 687. The molecule has 0 rings (SSSR count). The third kappa shape index (κ3) is 39.1. The van der Waals surface area contributed by atoms with Gasteiger partial charge in [-0.3, -0.25) is 9.59 Å². The number of hydrogen-bond donors (Lipinski definition) is 1. The van der Waals surface area contributed by atoms with Crippen LogP contribution in [-0.4, -0.2) is 23.1 Å². The highest BCUT2D eigenvalue weighted by molar-refractivity contribution is 5.71. The topological polar surface area (TPSA) is 63.6 Å². The van der Waals surface area contributed by atoms with Crippen LogP contribution in [0.25, 0.3) is 0 Å². The lowest BCUT2D eigenvalue weighted by Gasteiger charge is -2.16. The minimum absolute atomic E-state index is 0.0694. The molecule has 0 aromatic rings. The van der Waals surface area contributed by atoms with Gasteiger partial charge in [0, 0.05) is 6.42 Å². The summed E-state index contributed by atoms with van der Waals surface area (Å²) in [5, 5.41) is 9.29. The van der Waals surface area contributed by atoms with E-state index in [-0.39, 0.29) is 12.4 Å². The predicted octanol–water partition coefficient (Wildman–Crippen LogP) is 15.0. The molecule has 4 nitrogen and oxygen atoms in total. The standard InChI is InChI=1S/C44H84O4/c1-3-5-7-9-11-13-15-17-19-21-22-24-26-28-30-32-34-36-38-40-44(47)48-42(41-43(45)46)39-37-35-33-31-29-27-25-23-20-18-16-14-12-10-8-6-4-2/h17,19,42H,3-16,18,20-41H2,1-2H3,(H,45,46)/b19-17-. The summed E-state index contributed by atoms with van der Waals surface area (Å²) in [5.41, 5.74) is 0. The number of carboxylic acids is 1. The molecule has 48 heavy (non-hydrogen) atoms. The Hall–Kier alpha value is -1.32. The first-order chi connectivity index (χ1) is 23.6. The van der Waals surface area contributed by atoms with E-state index in [1.54, 1.807) is 0 Å². The first-order valence-corrected chi connectivity index (χ1v) is 21.7. The number of aliphatic carboxylic acids is 1. The Morgan fingerprint density at radius 3 is 1.12 bits per heavy atom. The molecule has 284 valence electrons. The summed E-state index contributed by atoms with van der Waals surface area (Å²) < 4.78 is 5.60. The number of carbonyl (C=O) groups excluding carboxylic acids is 1. The first kappa shape index (κ1) is 46.7. The highest BCUT2D eigenvalue weighted by Crippen LogP contribution is 2.18. The molecule has 0 amide bonds. The summed E-state index contributed by atoms with van der Waals surface area (Å²) in [6.07, 6.45) is 49.6. The fraction of sp³-hybridized carbons (Fsp3) is 0.909. The third-order valence-electron chi connectivity index (χ3n) is 9.97. The van der Waals surface area contributed by atoms with E-state index in [0.717, 1.165) is 25.7 Å². The Morgan fingerprint density at radius 1 is 0.458 bits per heavy atom. The Balaban J connectivity index is 3.58. The van der Waals surface area contributed by atoms with Gasteiger partial charge in [-0.2, -0.15) is 0 Å². The van der Waals surface area contributed by atoms with Crippen molar-refractivity contribution in [3.63, 3.8) is 0 Å². The predicted molar refractivity (Wildman–Crippen MR) is 209 cm³/mol. The van der Waals surface area contributed by atoms with Crippen molar-refractivity contribution < 1.29 is 19.4 Å². The first-order valence-electron chi connectivity index (χ1n) is 21.7. The molecule has 0 aromatic carbocycles. The quantitative estimate of drug-likeness (QED) is 0.0398. The normalized spacial score (nSPS) is 12.2. The number of carboxylic acid groups (broad SMARTS) is 1. The summed E-state index contributed by atoms with van der Waals surface area (Å²) in [5.74, 6) is -1.09. The highest BCUT2D eigenvalue weighted by Gasteiger charge is 2.17. The van der Waals surface area contributed by atoms with Gasteiger partial charge in [-0.25, -0.2) is 0 Å². The molecule has 0 heterocycles. The molecule has 0 radical (unpaired) electrons. The van der Waals surface area contributed by atoms with Crippen LogP contribution in [0.3, 0.4) is 0 Å². The molecule has 4 heteroatoms. The lowest BCUT2D eigenvalue weighted by Crippen LogP contribution is -2.21. The minimum Gasteiger partial charge on any atom is -0.481 e. The van der Waals surface area contributed by atoms with Crippen LogP contribution in [-0.2, 0) is 14.3 Å². The van der Waals surface area contributed by atoms with Crippen molar-refractivity contribution in [3.8, 4) is 0 Å². The van der Waals surface area contributed by atoms with Crippen molar-refractivity contribution in [2.75, 3.05) is 0 Å². The van der Waals surface area contributed by atoms with E-state index in [9.17, 15) is 14.7 Å². The minimum atomic E-state index is -0.875. The summed E-state index contributed by atoms with van der Waals surface area (Å²) >= 11 is 0. The Labute approximate surface area is 300 Å². The molecule has 0 fully saturated rings. The van der Waals surface area contributed by atoms with Gasteiger partial charge >= 0.3 is 11.9 Å². The van der Waals surface area contributed by atoms with Gasteiger partial charge in [-0.15, -0.1) is 0 Å². The van der Waals surface area contributed by atoms with Crippen molar-refractivity contribution in [2.45, 2.75) is 258 Å². The third-order valence-corrected chi connectivity index (χ3v) is 9.97. The fourth-order valence-electron chi connectivity index (χ4n) is 6.79. The zero-order chi connectivity index (χ0) is 35.0. The molecule has 0 aliphatic rings. The lowest BCUT2D eigenvalue weighted by molar-refractivity contribution is -0.153. The van der Waals surface area contributed by atoms with Gasteiger partial charge in [-0.1, -0.05) is 206 Å². The van der Waals surface area contributed by atoms with Crippen molar-refractivity contribution in [1.82, 2.24) is 0 Å². The molecule has 0 spiro atoms. The zero-order valence-electron chi connectivity index (χ0n) is 32.6. The highest BCUT2D eigenvalue weighted by atomic mass is 16.5. The maximum absolute atomic E-state index is 12.4. The van der Waals surface area contributed by atoms with Crippen molar-refractivity contribution in [3.05, 3.63) is 12.2 Å². The number of hydrogen-bond acceptors (Lipinski definition) is 3. The van der Waals surface area contributed by atoms with Gasteiger partial charge in [-0.05, 0) is 44.9 Å². The number of rotatable bonds is 40. The lowest BCUT2D eigenvalue weighted by atomic mass is 10.0. The fourth-order valence-corrected chi connectivity index (χ4v) is 6.79. The zero-order valence-corrected chi connectivity index (χ0v) is 32.6. The van der Waals surface area contributed by atoms with E-state index in [1.807, 2.05) is 0 Å². The number of ether oxygens (including phenoxy) is 1. The smallest absolute Gasteiger partial charge is 0.307 e. The molecular weight excluding hydrogens is 592 g/mol. The van der Waals surface area contributed by atoms with Gasteiger partial charge in [0.25, 0.3) is 0 Å². The molecule has 0 saturated carbocycles. The maximum Gasteiger partial charge on any atom is 0.307 e. The number of carbonyl (C=O) groups is 2. The average molecular weight is 677 g/mol. The monoisotopic (exact) mass is 677 g/mol. The molecule has 0 aromatic heterocycles. The van der Waals surface area contributed by atoms with E-state index in [1.165, 1.54) is 193 Å². The van der Waals surface area contributed by atoms with E-state index < -0.39 is 12.1 Å². The van der Waals surface area contributed by atoms with Crippen LogP contribution in [0.5, 0.6) is 0 Å². The molecule has 0 saturated heterocycles. The SMILES string of the molecule is CCCCCCCC/C=C\CCCCCCCCCCCC(=O)OC(CCCCCCCCCCCCCCCCCCC)CC(=O)O. The average Bonchev–Trinajstić information content (AvgIpc) is 3.06.